The molecular formula is C42H41F4N3O3. The average Bonchev–Trinajstić information content (AvgIpc) is 3.71. The van der Waals surface area contributed by atoms with Gasteiger partial charge in [0.25, 0.3) is 5.91 Å². The van der Waals surface area contributed by atoms with Crippen molar-refractivity contribution in [3.8, 4) is 11.5 Å². The summed E-state index contributed by atoms with van der Waals surface area (Å²) in [5, 5.41) is 3.44. The van der Waals surface area contributed by atoms with E-state index in [1.807, 2.05) is 16.8 Å². The van der Waals surface area contributed by atoms with Gasteiger partial charge in [-0.25, -0.2) is 17.6 Å². The van der Waals surface area contributed by atoms with E-state index in [0.29, 0.717) is 84.2 Å². The number of alkyl halides is 2. The Kier molecular flexibility index (Phi) is 10.7. The van der Waals surface area contributed by atoms with Gasteiger partial charge in [0, 0.05) is 56.0 Å². The van der Waals surface area contributed by atoms with Gasteiger partial charge in [0.1, 0.15) is 49.2 Å². The lowest BCUT2D eigenvalue weighted by atomic mass is 9.88. The third-order valence-corrected chi connectivity index (χ3v) is 9.93. The maximum Gasteiger partial charge on any atom is 0.253 e. The van der Waals surface area contributed by atoms with E-state index in [1.165, 1.54) is 24.3 Å². The first kappa shape index (κ1) is 35.5. The molecule has 3 aliphatic rings. The van der Waals surface area contributed by atoms with Crippen LogP contribution in [0.1, 0.15) is 52.4 Å². The van der Waals surface area contributed by atoms with Gasteiger partial charge in [-0.15, -0.1) is 0 Å². The van der Waals surface area contributed by atoms with Gasteiger partial charge in [0.2, 0.25) is 0 Å². The number of carbonyl (C=O) groups excluding carboxylic acids is 1. The number of nitrogens with one attached hydrogen (secondary N) is 1. The Morgan fingerprint density at radius 2 is 1.44 bits per heavy atom. The fourth-order valence-corrected chi connectivity index (χ4v) is 7.18. The maximum absolute atomic E-state index is 16.0. The number of hydrogen-bond donors (Lipinski definition) is 1. The van der Waals surface area contributed by atoms with E-state index in [-0.39, 0.29) is 30.7 Å². The molecule has 0 spiro atoms. The third-order valence-electron chi connectivity index (χ3n) is 9.93. The number of halogens is 4. The van der Waals surface area contributed by atoms with Crippen LogP contribution in [0, 0.1) is 11.6 Å². The fourth-order valence-electron chi connectivity index (χ4n) is 7.18. The van der Waals surface area contributed by atoms with Crippen LogP contribution in [-0.4, -0.2) is 75.2 Å². The second-order valence-corrected chi connectivity index (χ2v) is 13.5. The number of likely N-dealkylation sites (tertiary alicyclic amines) is 1. The molecule has 270 valence electrons. The number of likely N-dealkylation sites (N-methyl/N-ethyl adjacent to an activating group) is 1. The molecule has 4 aromatic rings. The molecule has 1 amide bonds. The van der Waals surface area contributed by atoms with Gasteiger partial charge in [-0.05, 0) is 102 Å². The van der Waals surface area contributed by atoms with Crippen molar-refractivity contribution in [3.05, 3.63) is 141 Å². The van der Waals surface area contributed by atoms with E-state index in [0.717, 1.165) is 35.1 Å². The predicted octanol–water partition coefficient (Wildman–Crippen LogP) is 7.68. The minimum absolute atomic E-state index is 0.0861. The molecule has 0 aliphatic carbocycles. The number of benzene rings is 4. The van der Waals surface area contributed by atoms with Gasteiger partial charge in [-0.3, -0.25) is 4.79 Å². The van der Waals surface area contributed by atoms with E-state index in [9.17, 15) is 18.0 Å². The van der Waals surface area contributed by atoms with Gasteiger partial charge in [0.05, 0.1) is 5.57 Å². The quantitative estimate of drug-likeness (QED) is 0.121. The summed E-state index contributed by atoms with van der Waals surface area (Å²) in [6.07, 6.45) is 0.559. The first-order valence-electron chi connectivity index (χ1n) is 17.7. The Morgan fingerprint density at radius 1 is 0.827 bits per heavy atom. The molecule has 0 radical (unpaired) electrons. The van der Waals surface area contributed by atoms with E-state index < -0.39 is 12.8 Å². The molecular weight excluding hydrogens is 670 g/mol. The Hall–Kier alpha value is -4.93. The Balaban J connectivity index is 1.04. The molecule has 1 atom stereocenters. The van der Waals surface area contributed by atoms with Crippen molar-refractivity contribution in [1.29, 1.82) is 0 Å². The molecule has 0 aromatic heterocycles. The van der Waals surface area contributed by atoms with Gasteiger partial charge in [0.15, 0.2) is 0 Å². The molecule has 1 N–H and O–H groups in total. The highest BCUT2D eigenvalue weighted by Gasteiger charge is 2.31. The number of rotatable bonds is 12. The zero-order valence-electron chi connectivity index (χ0n) is 29.1. The van der Waals surface area contributed by atoms with Gasteiger partial charge >= 0.3 is 0 Å². The summed E-state index contributed by atoms with van der Waals surface area (Å²) < 4.78 is 69.3. The van der Waals surface area contributed by atoms with Crippen LogP contribution in [0.2, 0.25) is 0 Å². The topological polar surface area (TPSA) is 54.0 Å². The summed E-state index contributed by atoms with van der Waals surface area (Å²) in [4.78, 5) is 17.3. The molecule has 0 bridgehead atoms. The minimum atomic E-state index is -1.33. The van der Waals surface area contributed by atoms with Crippen LogP contribution in [0.5, 0.6) is 11.5 Å². The fraction of sp³-hybridized carbons (Fsp3) is 0.310. The maximum atomic E-state index is 16.0. The smallest absolute Gasteiger partial charge is 0.253 e. The zero-order valence-corrected chi connectivity index (χ0v) is 29.1. The minimum Gasteiger partial charge on any atom is -0.489 e. The molecule has 1 fully saturated rings. The zero-order chi connectivity index (χ0) is 36.2. The lowest BCUT2D eigenvalue weighted by Crippen LogP contribution is -2.33. The number of amides is 1. The number of hydrogen-bond acceptors (Lipinski definition) is 5. The van der Waals surface area contributed by atoms with Crippen molar-refractivity contribution in [2.75, 3.05) is 59.5 Å². The molecule has 7 rings (SSSR count). The van der Waals surface area contributed by atoms with Crippen molar-refractivity contribution < 1.29 is 31.8 Å². The summed E-state index contributed by atoms with van der Waals surface area (Å²) in [6, 6.07) is 22.7. The van der Waals surface area contributed by atoms with Crippen LogP contribution in [0.25, 0.3) is 11.1 Å². The van der Waals surface area contributed by atoms with E-state index in [1.54, 1.807) is 60.7 Å². The highest BCUT2D eigenvalue weighted by Crippen LogP contribution is 2.41. The Bertz CT molecular complexity index is 1990. The largest absolute Gasteiger partial charge is 0.489 e. The second-order valence-electron chi connectivity index (χ2n) is 13.5. The third kappa shape index (κ3) is 7.64. The molecule has 4 aromatic carbocycles. The lowest BCUT2D eigenvalue weighted by Gasteiger charge is -2.28. The highest BCUT2D eigenvalue weighted by molar-refractivity contribution is 6.06. The average molecular weight is 712 g/mol. The highest BCUT2D eigenvalue weighted by atomic mass is 19.1. The predicted molar refractivity (Wildman–Crippen MR) is 194 cm³/mol. The molecule has 10 heteroatoms. The van der Waals surface area contributed by atoms with Gasteiger partial charge in [-0.1, -0.05) is 36.4 Å². The summed E-state index contributed by atoms with van der Waals surface area (Å²) in [6.45, 7) is 2.86. The van der Waals surface area contributed by atoms with Crippen LogP contribution < -0.4 is 14.8 Å². The first-order chi connectivity index (χ1) is 25.3. The molecule has 6 nitrogen and oxygen atoms in total. The van der Waals surface area contributed by atoms with Crippen molar-refractivity contribution >= 4 is 17.1 Å². The number of nitrogens with zero attached hydrogens (tertiary/aromatic N) is 2. The molecule has 3 heterocycles. The molecule has 52 heavy (non-hydrogen) atoms. The lowest BCUT2D eigenvalue weighted by molar-refractivity contribution is -0.126. The monoisotopic (exact) mass is 711 g/mol. The normalized spacial score (nSPS) is 16.1. The van der Waals surface area contributed by atoms with Crippen molar-refractivity contribution in [2.45, 2.75) is 25.7 Å². The summed E-state index contributed by atoms with van der Waals surface area (Å²) in [5.41, 5.74) is 6.83. The Morgan fingerprint density at radius 3 is 2.12 bits per heavy atom. The summed E-state index contributed by atoms with van der Waals surface area (Å²) in [5.74, 6) is 0.376. The van der Waals surface area contributed by atoms with Crippen molar-refractivity contribution in [2.24, 2.45) is 0 Å². The Labute approximate surface area is 301 Å². The first-order valence-corrected chi connectivity index (χ1v) is 17.7. The van der Waals surface area contributed by atoms with Crippen LogP contribution in [0.4, 0.5) is 17.6 Å². The SMILES string of the molecule is CN(CCNCC1=C(c2ccc(F)cc2)c2cc(CF)ccc2OC1)CC(F)c1ccc2c(c1)C(c1ccc(F)cc1)=C(C(=O)N1CCCC1)CO2. The summed E-state index contributed by atoms with van der Waals surface area (Å²) in [7, 11) is 1.86. The number of fused-ring (bicyclic) bond motifs is 2. The van der Waals surface area contributed by atoms with Gasteiger partial charge in [-0.2, -0.15) is 0 Å². The number of carbonyl (C=O) groups is 1. The number of ether oxygens (including phenoxy) is 2. The standard InChI is InChI=1S/C42H41F4N3O3/c1-48(19-16-47-23-31-25-51-38-14-4-27(22-43)20-34(38)40(31)28-5-10-32(44)11-6-28)24-37(46)30-9-15-39-35(21-30)41(29-7-12-33(45)13-8-29)36(26-52-39)42(50)49-17-2-3-18-49/h4-15,20-21,37,47H,2-3,16-19,22-26H2,1H3. The molecule has 0 saturated carbocycles. The van der Waals surface area contributed by atoms with Crippen LogP contribution in [0.15, 0.2) is 96.1 Å². The van der Waals surface area contributed by atoms with Crippen LogP contribution in [0.3, 0.4) is 0 Å². The van der Waals surface area contributed by atoms with E-state index >= 15 is 4.39 Å². The van der Waals surface area contributed by atoms with Crippen LogP contribution >= 0.6 is 0 Å². The van der Waals surface area contributed by atoms with Crippen LogP contribution in [-0.2, 0) is 11.5 Å². The van der Waals surface area contributed by atoms with Crippen molar-refractivity contribution in [3.63, 3.8) is 0 Å². The van der Waals surface area contributed by atoms with E-state index in [2.05, 4.69) is 5.32 Å². The van der Waals surface area contributed by atoms with Crippen molar-refractivity contribution in [1.82, 2.24) is 15.1 Å². The second kappa shape index (κ2) is 15.8. The molecule has 3 aliphatic heterocycles. The molecule has 1 saturated heterocycles. The summed E-state index contributed by atoms with van der Waals surface area (Å²) >= 11 is 0. The van der Waals surface area contributed by atoms with Gasteiger partial charge < -0.3 is 24.6 Å². The molecule has 1 unspecified atom stereocenters. The van der Waals surface area contributed by atoms with E-state index in [4.69, 9.17) is 9.47 Å².